The molecule has 0 bridgehead atoms. The summed E-state index contributed by atoms with van der Waals surface area (Å²) in [6, 6.07) is 18.7. The van der Waals surface area contributed by atoms with Gasteiger partial charge in [0, 0.05) is 25.1 Å². The number of nitrogens with zero attached hydrogens (tertiary/aromatic N) is 2. The summed E-state index contributed by atoms with van der Waals surface area (Å²) in [6.07, 6.45) is 15.8. The Balaban J connectivity index is 1.66. The molecule has 3 rings (SSSR count). The third-order valence-corrected chi connectivity index (χ3v) is 9.64. The zero-order chi connectivity index (χ0) is 30.9. The van der Waals surface area contributed by atoms with E-state index in [0.29, 0.717) is 23.0 Å². The van der Waals surface area contributed by atoms with Crippen LogP contribution in [-0.2, 0) is 29.7 Å². The van der Waals surface area contributed by atoms with Crippen LogP contribution in [0.2, 0.25) is 0 Å². The Morgan fingerprint density at radius 3 is 2.07 bits per heavy atom. The van der Waals surface area contributed by atoms with Crippen LogP contribution in [0.25, 0.3) is 0 Å². The van der Waals surface area contributed by atoms with Gasteiger partial charge in [-0.2, -0.15) is 4.31 Å². The first-order valence-electron chi connectivity index (χ1n) is 16.2. The van der Waals surface area contributed by atoms with Gasteiger partial charge in [-0.1, -0.05) is 101 Å². The SMILES string of the molecule is CCCCCCCCCCCCOc1ccc(CN(Cc2cccc[n+]2CCC)S(=O)(=O)c2ccc(C)cc2)cc1OC. The average Bonchev–Trinajstić information content (AvgIpc) is 3.01. The van der Waals surface area contributed by atoms with Crippen molar-refractivity contribution in [3.8, 4) is 11.5 Å². The minimum absolute atomic E-state index is 0.215. The molecule has 0 unspecified atom stereocenters. The standard InChI is InChI=1S/C36H53N2O4S/c1-5-7-8-9-10-11-12-13-14-17-27-42-35-24-21-32(28-36(35)41-4)29-38(30-33-18-15-16-26-37(33)25-6-2)43(39,40)34-22-19-31(3)20-23-34/h15-16,18-24,26,28H,5-14,17,25,27,29-30H2,1-4H3/q+1. The minimum atomic E-state index is -3.76. The predicted molar refractivity (Wildman–Crippen MR) is 175 cm³/mol. The van der Waals surface area contributed by atoms with Crippen LogP contribution < -0.4 is 14.0 Å². The van der Waals surface area contributed by atoms with E-state index in [-0.39, 0.29) is 13.1 Å². The van der Waals surface area contributed by atoms with Crippen LogP contribution >= 0.6 is 0 Å². The molecule has 236 valence electrons. The van der Waals surface area contributed by atoms with Crippen molar-refractivity contribution >= 4 is 10.0 Å². The molecule has 0 saturated heterocycles. The maximum atomic E-state index is 13.9. The number of aryl methyl sites for hydroxylation is 2. The van der Waals surface area contributed by atoms with Gasteiger partial charge in [-0.15, -0.1) is 0 Å². The number of pyridine rings is 1. The highest BCUT2D eigenvalue weighted by Crippen LogP contribution is 2.30. The third kappa shape index (κ3) is 11.3. The molecule has 0 aliphatic carbocycles. The second kappa shape index (κ2) is 18.7. The summed E-state index contributed by atoms with van der Waals surface area (Å²) in [7, 11) is -2.13. The van der Waals surface area contributed by atoms with Crippen LogP contribution in [0, 0.1) is 6.92 Å². The van der Waals surface area contributed by atoms with E-state index in [0.717, 1.165) is 36.2 Å². The Hall–Kier alpha value is -2.90. The Bertz CT molecular complexity index is 1330. The molecule has 0 atom stereocenters. The summed E-state index contributed by atoms with van der Waals surface area (Å²) in [4.78, 5) is 0.291. The van der Waals surface area contributed by atoms with Crippen molar-refractivity contribution in [3.63, 3.8) is 0 Å². The lowest BCUT2D eigenvalue weighted by Crippen LogP contribution is -2.42. The first-order chi connectivity index (χ1) is 20.9. The number of aromatic nitrogens is 1. The average molecular weight is 610 g/mol. The molecule has 0 aliphatic heterocycles. The lowest BCUT2D eigenvalue weighted by molar-refractivity contribution is -0.704. The Morgan fingerprint density at radius 2 is 1.42 bits per heavy atom. The fraction of sp³-hybridized carbons (Fsp3) is 0.528. The lowest BCUT2D eigenvalue weighted by atomic mass is 10.1. The molecule has 0 fully saturated rings. The van der Waals surface area contributed by atoms with E-state index >= 15 is 0 Å². The van der Waals surface area contributed by atoms with Gasteiger partial charge in [0.1, 0.15) is 6.54 Å². The first-order valence-corrected chi connectivity index (χ1v) is 17.7. The molecule has 43 heavy (non-hydrogen) atoms. The molecule has 7 heteroatoms. The fourth-order valence-electron chi connectivity index (χ4n) is 5.28. The monoisotopic (exact) mass is 609 g/mol. The van der Waals surface area contributed by atoms with Crippen LogP contribution in [-0.4, -0.2) is 26.4 Å². The molecular weight excluding hydrogens is 556 g/mol. The molecule has 2 aromatic carbocycles. The summed E-state index contributed by atoms with van der Waals surface area (Å²) in [6.45, 7) is 8.28. The summed E-state index contributed by atoms with van der Waals surface area (Å²) < 4.78 is 43.3. The van der Waals surface area contributed by atoms with Crippen LogP contribution in [0.1, 0.15) is 101 Å². The molecule has 0 amide bonds. The molecule has 1 aromatic heterocycles. The maximum absolute atomic E-state index is 13.9. The zero-order valence-corrected chi connectivity index (χ0v) is 27.7. The number of methoxy groups -OCH3 is 1. The molecule has 0 radical (unpaired) electrons. The molecule has 3 aromatic rings. The summed E-state index contributed by atoms with van der Waals surface area (Å²) in [5.41, 5.74) is 2.81. The number of ether oxygens (including phenoxy) is 2. The maximum Gasteiger partial charge on any atom is 0.243 e. The highest BCUT2D eigenvalue weighted by Gasteiger charge is 2.28. The van der Waals surface area contributed by atoms with E-state index < -0.39 is 10.0 Å². The van der Waals surface area contributed by atoms with Gasteiger partial charge in [-0.25, -0.2) is 13.0 Å². The molecule has 0 aliphatic rings. The molecule has 0 N–H and O–H groups in total. The van der Waals surface area contributed by atoms with E-state index in [4.69, 9.17) is 9.47 Å². The summed E-state index contributed by atoms with van der Waals surface area (Å²) >= 11 is 0. The predicted octanol–water partition coefficient (Wildman–Crippen LogP) is 8.39. The smallest absolute Gasteiger partial charge is 0.243 e. The molecular formula is C36H53N2O4S+. The van der Waals surface area contributed by atoms with Crippen LogP contribution in [0.4, 0.5) is 0 Å². The summed E-state index contributed by atoms with van der Waals surface area (Å²) in [5.74, 6) is 1.32. The zero-order valence-electron chi connectivity index (χ0n) is 26.9. The number of hydrogen-bond donors (Lipinski definition) is 0. The van der Waals surface area contributed by atoms with Crippen LogP contribution in [0.15, 0.2) is 71.8 Å². The van der Waals surface area contributed by atoms with Crippen molar-refractivity contribution in [1.29, 1.82) is 0 Å². The van der Waals surface area contributed by atoms with E-state index in [1.807, 2.05) is 61.7 Å². The van der Waals surface area contributed by atoms with Crippen molar-refractivity contribution in [2.45, 2.75) is 116 Å². The van der Waals surface area contributed by atoms with Crippen molar-refractivity contribution in [3.05, 3.63) is 83.7 Å². The van der Waals surface area contributed by atoms with E-state index in [1.54, 1.807) is 23.5 Å². The van der Waals surface area contributed by atoms with Crippen molar-refractivity contribution in [2.75, 3.05) is 13.7 Å². The van der Waals surface area contributed by atoms with Gasteiger partial charge in [0.05, 0.1) is 25.2 Å². The van der Waals surface area contributed by atoms with Gasteiger partial charge in [-0.05, 0) is 43.2 Å². The van der Waals surface area contributed by atoms with Gasteiger partial charge >= 0.3 is 0 Å². The third-order valence-electron chi connectivity index (χ3n) is 7.84. The van der Waals surface area contributed by atoms with Gasteiger partial charge < -0.3 is 9.47 Å². The van der Waals surface area contributed by atoms with Crippen LogP contribution in [0.5, 0.6) is 11.5 Å². The van der Waals surface area contributed by atoms with Gasteiger partial charge in [-0.3, -0.25) is 0 Å². The normalized spacial score (nSPS) is 11.7. The molecule has 0 spiro atoms. The van der Waals surface area contributed by atoms with Crippen molar-refractivity contribution in [1.82, 2.24) is 4.31 Å². The Morgan fingerprint density at radius 1 is 0.744 bits per heavy atom. The van der Waals surface area contributed by atoms with Gasteiger partial charge in [0.2, 0.25) is 10.0 Å². The largest absolute Gasteiger partial charge is 0.493 e. The van der Waals surface area contributed by atoms with Crippen molar-refractivity contribution < 1.29 is 22.5 Å². The second-order valence-electron chi connectivity index (χ2n) is 11.5. The summed E-state index contributed by atoms with van der Waals surface area (Å²) in [5, 5.41) is 0. The second-order valence-corrected chi connectivity index (χ2v) is 13.4. The van der Waals surface area contributed by atoms with Gasteiger partial charge in [0.15, 0.2) is 23.4 Å². The Labute approximate surface area is 261 Å². The molecule has 6 nitrogen and oxygen atoms in total. The minimum Gasteiger partial charge on any atom is -0.493 e. The highest BCUT2D eigenvalue weighted by molar-refractivity contribution is 7.89. The number of sulfonamides is 1. The van der Waals surface area contributed by atoms with E-state index in [9.17, 15) is 8.42 Å². The lowest BCUT2D eigenvalue weighted by Gasteiger charge is -2.22. The molecule has 1 heterocycles. The fourth-order valence-corrected chi connectivity index (χ4v) is 6.68. The number of unbranched alkanes of at least 4 members (excludes halogenated alkanes) is 9. The Kier molecular flexibility index (Phi) is 15.0. The first kappa shape index (κ1) is 34.6. The van der Waals surface area contributed by atoms with E-state index in [2.05, 4.69) is 18.4 Å². The quantitative estimate of drug-likeness (QED) is 0.0899. The molecule has 0 saturated carbocycles. The van der Waals surface area contributed by atoms with E-state index in [1.165, 1.54) is 57.8 Å². The topological polar surface area (TPSA) is 59.7 Å². The van der Waals surface area contributed by atoms with Crippen molar-refractivity contribution in [2.24, 2.45) is 0 Å². The number of rotatable bonds is 21. The number of benzene rings is 2. The highest BCUT2D eigenvalue weighted by atomic mass is 32.2. The number of hydrogen-bond acceptors (Lipinski definition) is 4. The van der Waals surface area contributed by atoms with Gasteiger partial charge in [0.25, 0.3) is 0 Å². The van der Waals surface area contributed by atoms with Crippen LogP contribution in [0.3, 0.4) is 0 Å².